The molecule has 1 aromatic rings. The molecule has 20 heavy (non-hydrogen) atoms. The molecule has 1 fully saturated rings. The van der Waals surface area contributed by atoms with Gasteiger partial charge in [0.05, 0.1) is 16.3 Å². The lowest BCUT2D eigenvalue weighted by atomic mass is 9.89. The van der Waals surface area contributed by atoms with Crippen LogP contribution in [0.25, 0.3) is 0 Å². The number of halogens is 1. The molecule has 1 aromatic carbocycles. The Morgan fingerprint density at radius 2 is 2.10 bits per heavy atom. The van der Waals surface area contributed by atoms with Gasteiger partial charge in [0.25, 0.3) is 5.91 Å². The van der Waals surface area contributed by atoms with Crippen molar-refractivity contribution in [2.75, 3.05) is 18.8 Å². The Morgan fingerprint density at radius 1 is 1.35 bits per heavy atom. The van der Waals surface area contributed by atoms with Crippen LogP contribution >= 0.6 is 11.6 Å². The molecule has 1 aliphatic heterocycles. The van der Waals surface area contributed by atoms with Gasteiger partial charge in [0.2, 0.25) is 0 Å². The second kappa shape index (κ2) is 6.49. The summed E-state index contributed by atoms with van der Waals surface area (Å²) in [4.78, 5) is 14.5. The van der Waals surface area contributed by atoms with Gasteiger partial charge in [-0.1, -0.05) is 31.5 Å². The third-order valence-electron chi connectivity index (χ3n) is 4.26. The van der Waals surface area contributed by atoms with Gasteiger partial charge >= 0.3 is 0 Å². The maximum absolute atomic E-state index is 12.6. The van der Waals surface area contributed by atoms with Crippen LogP contribution in [-0.4, -0.2) is 23.9 Å². The molecular weight excluding hydrogens is 272 g/mol. The molecule has 3 nitrogen and oxygen atoms in total. The highest BCUT2D eigenvalue weighted by Gasteiger charge is 2.24. The van der Waals surface area contributed by atoms with Gasteiger partial charge in [-0.3, -0.25) is 4.79 Å². The quantitative estimate of drug-likeness (QED) is 0.843. The number of carbonyl (C=O) groups excluding carboxylic acids is 1. The van der Waals surface area contributed by atoms with Gasteiger partial charge in [-0.05, 0) is 43.2 Å². The van der Waals surface area contributed by atoms with Crippen LogP contribution in [0.15, 0.2) is 18.2 Å². The minimum absolute atomic E-state index is 0.00621. The van der Waals surface area contributed by atoms with Gasteiger partial charge in [0.15, 0.2) is 0 Å². The molecule has 1 atom stereocenters. The molecular formula is C16H23ClN2O. The number of benzene rings is 1. The van der Waals surface area contributed by atoms with Crippen molar-refractivity contribution < 1.29 is 4.79 Å². The molecule has 1 aliphatic rings. The zero-order valence-electron chi connectivity index (χ0n) is 12.2. The maximum Gasteiger partial charge on any atom is 0.255 e. The first-order valence-corrected chi connectivity index (χ1v) is 7.71. The molecule has 110 valence electrons. The zero-order chi connectivity index (χ0) is 14.7. The largest absolute Gasteiger partial charge is 0.398 e. The number of nitrogen functional groups attached to an aromatic ring is 1. The predicted octanol–water partition coefficient (Wildman–Crippen LogP) is 3.82. The van der Waals surface area contributed by atoms with Crippen molar-refractivity contribution in [3.05, 3.63) is 28.8 Å². The van der Waals surface area contributed by atoms with Crippen molar-refractivity contribution in [2.24, 2.45) is 11.8 Å². The first kappa shape index (κ1) is 15.2. The lowest BCUT2D eigenvalue weighted by molar-refractivity contribution is 0.0759. The number of anilines is 1. The zero-order valence-corrected chi connectivity index (χ0v) is 13.0. The topological polar surface area (TPSA) is 46.3 Å². The highest BCUT2D eigenvalue weighted by molar-refractivity contribution is 6.36. The number of likely N-dealkylation sites (tertiary alicyclic amines) is 1. The summed E-state index contributed by atoms with van der Waals surface area (Å²) in [6.45, 7) is 6.15. The Morgan fingerprint density at radius 3 is 2.80 bits per heavy atom. The SMILES string of the molecule is CC(C)C1CCCN(C(=O)c2cccc(N)c2Cl)CC1. The summed E-state index contributed by atoms with van der Waals surface area (Å²) in [5, 5.41) is 0.377. The summed E-state index contributed by atoms with van der Waals surface area (Å²) in [5.41, 5.74) is 6.77. The lowest BCUT2D eigenvalue weighted by Gasteiger charge is -2.22. The van der Waals surface area contributed by atoms with Gasteiger partial charge in [-0.25, -0.2) is 0 Å². The van der Waals surface area contributed by atoms with Crippen LogP contribution in [0.4, 0.5) is 5.69 Å². The molecule has 1 heterocycles. The number of amides is 1. The van der Waals surface area contributed by atoms with E-state index >= 15 is 0 Å². The van der Waals surface area contributed by atoms with Crippen molar-refractivity contribution in [1.29, 1.82) is 0 Å². The molecule has 0 aromatic heterocycles. The minimum Gasteiger partial charge on any atom is -0.398 e. The summed E-state index contributed by atoms with van der Waals surface area (Å²) in [6.07, 6.45) is 3.34. The molecule has 0 radical (unpaired) electrons. The van der Waals surface area contributed by atoms with Gasteiger partial charge in [0.1, 0.15) is 0 Å². The highest BCUT2D eigenvalue weighted by Crippen LogP contribution is 2.28. The van der Waals surface area contributed by atoms with Gasteiger partial charge in [0, 0.05) is 13.1 Å². The standard InChI is InChI=1S/C16H23ClN2O/c1-11(2)12-5-4-9-19(10-8-12)16(20)13-6-3-7-14(18)15(13)17/h3,6-7,11-12H,4-5,8-10,18H2,1-2H3. The molecule has 1 saturated heterocycles. The number of rotatable bonds is 2. The van der Waals surface area contributed by atoms with Crippen LogP contribution in [0.5, 0.6) is 0 Å². The summed E-state index contributed by atoms with van der Waals surface area (Å²) in [7, 11) is 0. The van der Waals surface area contributed by atoms with Crippen molar-refractivity contribution in [2.45, 2.75) is 33.1 Å². The number of nitrogens with zero attached hydrogens (tertiary/aromatic N) is 1. The van der Waals surface area contributed by atoms with E-state index in [4.69, 9.17) is 17.3 Å². The third-order valence-corrected chi connectivity index (χ3v) is 4.68. The van der Waals surface area contributed by atoms with E-state index < -0.39 is 0 Å². The minimum atomic E-state index is 0.00621. The average Bonchev–Trinajstić information content (AvgIpc) is 2.67. The highest BCUT2D eigenvalue weighted by atomic mass is 35.5. The number of hydrogen-bond acceptors (Lipinski definition) is 2. The lowest BCUT2D eigenvalue weighted by Crippen LogP contribution is -2.32. The summed E-state index contributed by atoms with van der Waals surface area (Å²) in [5.74, 6) is 1.40. The van der Waals surface area contributed by atoms with Crippen LogP contribution < -0.4 is 5.73 Å². The molecule has 1 unspecified atom stereocenters. The van der Waals surface area contributed by atoms with Gasteiger partial charge in [-0.2, -0.15) is 0 Å². The molecule has 2 rings (SSSR count). The van der Waals surface area contributed by atoms with Crippen molar-refractivity contribution in [3.63, 3.8) is 0 Å². The van der Waals surface area contributed by atoms with Crippen LogP contribution in [0.3, 0.4) is 0 Å². The fourth-order valence-corrected chi connectivity index (χ4v) is 3.08. The normalized spacial score (nSPS) is 20.0. The van der Waals surface area contributed by atoms with E-state index in [1.54, 1.807) is 18.2 Å². The van der Waals surface area contributed by atoms with Crippen molar-refractivity contribution in [3.8, 4) is 0 Å². The van der Waals surface area contributed by atoms with Crippen molar-refractivity contribution in [1.82, 2.24) is 4.90 Å². The fraction of sp³-hybridized carbons (Fsp3) is 0.562. The van der Waals surface area contributed by atoms with E-state index in [0.29, 0.717) is 28.1 Å². The Bertz CT molecular complexity index is 487. The molecule has 1 amide bonds. The average molecular weight is 295 g/mol. The molecule has 2 N–H and O–H groups in total. The van der Waals surface area contributed by atoms with Crippen molar-refractivity contribution >= 4 is 23.2 Å². The number of carbonyl (C=O) groups is 1. The van der Waals surface area contributed by atoms with Crippen LogP contribution in [0.2, 0.25) is 5.02 Å². The Kier molecular flexibility index (Phi) is 4.92. The predicted molar refractivity (Wildman–Crippen MR) is 83.9 cm³/mol. The van der Waals surface area contributed by atoms with Gasteiger partial charge < -0.3 is 10.6 Å². The molecule has 0 bridgehead atoms. The second-order valence-electron chi connectivity index (χ2n) is 5.94. The van der Waals surface area contributed by atoms with Crippen LogP contribution in [-0.2, 0) is 0 Å². The third kappa shape index (κ3) is 3.26. The second-order valence-corrected chi connectivity index (χ2v) is 6.31. The smallest absolute Gasteiger partial charge is 0.255 e. The van der Waals surface area contributed by atoms with E-state index in [9.17, 15) is 4.79 Å². The summed E-state index contributed by atoms with van der Waals surface area (Å²) < 4.78 is 0. The maximum atomic E-state index is 12.6. The number of hydrogen-bond donors (Lipinski definition) is 1. The van der Waals surface area contributed by atoms with Crippen LogP contribution in [0, 0.1) is 11.8 Å². The van der Waals surface area contributed by atoms with Crippen LogP contribution in [0.1, 0.15) is 43.5 Å². The fourth-order valence-electron chi connectivity index (χ4n) is 2.88. The monoisotopic (exact) mass is 294 g/mol. The van der Waals surface area contributed by atoms with E-state index in [-0.39, 0.29) is 5.91 Å². The van der Waals surface area contributed by atoms with E-state index in [1.165, 1.54) is 6.42 Å². The Hall–Kier alpha value is -1.22. The molecule has 0 aliphatic carbocycles. The summed E-state index contributed by atoms with van der Waals surface area (Å²) in [6, 6.07) is 5.26. The summed E-state index contributed by atoms with van der Waals surface area (Å²) >= 11 is 6.15. The Balaban J connectivity index is 2.11. The number of nitrogens with two attached hydrogens (primary N) is 1. The molecule has 4 heteroatoms. The molecule has 0 spiro atoms. The van der Waals surface area contributed by atoms with E-state index in [0.717, 1.165) is 25.9 Å². The van der Waals surface area contributed by atoms with Gasteiger partial charge in [-0.15, -0.1) is 0 Å². The molecule has 0 saturated carbocycles. The Labute approximate surface area is 126 Å². The first-order valence-electron chi connectivity index (χ1n) is 7.34. The van der Waals surface area contributed by atoms with E-state index in [1.807, 2.05) is 4.90 Å². The first-order chi connectivity index (χ1) is 9.50. The van der Waals surface area contributed by atoms with E-state index in [2.05, 4.69) is 13.8 Å².